The number of piperidine rings is 1. The van der Waals surface area contributed by atoms with E-state index in [2.05, 4.69) is 39.4 Å². The fraction of sp³-hybridized carbons (Fsp3) is 0.484. The number of aryl methyl sites for hydroxylation is 2. The minimum Gasteiger partial charge on any atom is -0.341 e. The van der Waals surface area contributed by atoms with Crippen LogP contribution in [0.1, 0.15) is 59.4 Å². The van der Waals surface area contributed by atoms with Crippen LogP contribution in [-0.4, -0.2) is 65.9 Å². The second-order valence-corrected chi connectivity index (χ2v) is 11.5. The first-order valence-electron chi connectivity index (χ1n) is 14.3. The van der Waals surface area contributed by atoms with E-state index in [1.54, 1.807) is 37.2 Å². The molecule has 2 amide bonds. The number of halogens is 2. The van der Waals surface area contributed by atoms with Crippen molar-refractivity contribution >= 4 is 17.4 Å². The number of fused-ring (bicyclic) bond motifs is 2. The average Bonchev–Trinajstić information content (AvgIpc) is 3.41. The molecule has 0 radical (unpaired) electrons. The number of anilines is 2. The van der Waals surface area contributed by atoms with Crippen molar-refractivity contribution in [3.05, 3.63) is 64.5 Å². The number of alkyl halides is 2. The number of nitrogens with one attached hydrogen (secondary N) is 1. The van der Waals surface area contributed by atoms with E-state index in [-0.39, 0.29) is 11.6 Å². The van der Waals surface area contributed by atoms with Crippen molar-refractivity contribution in [3.8, 4) is 11.1 Å². The third-order valence-corrected chi connectivity index (χ3v) is 8.94. The summed E-state index contributed by atoms with van der Waals surface area (Å²) in [4.78, 5) is 19.1. The first-order valence-corrected chi connectivity index (χ1v) is 14.3. The standard InChI is InChI=1S/C31H38F2N6O/c1-34-31(40)38-12-8-21-13-23(20-6-10-36(2)11-7-20)15-29(27(21)19-38)39-9-4-5-22-14-25(24-17-35-37(3)18-24)26(30(32)33)16-28(22)39/h13-18,20,30H,4-12,19H2,1-3H3,(H,34,40). The Labute approximate surface area is 234 Å². The lowest BCUT2D eigenvalue weighted by molar-refractivity contribution is 0.152. The van der Waals surface area contributed by atoms with Gasteiger partial charge in [-0.05, 0) is 104 Å². The number of benzene rings is 2. The van der Waals surface area contributed by atoms with Gasteiger partial charge in [0.15, 0.2) is 0 Å². The second-order valence-electron chi connectivity index (χ2n) is 11.5. The Balaban J connectivity index is 1.47. The molecule has 0 atom stereocenters. The lowest BCUT2D eigenvalue weighted by Crippen LogP contribution is -2.42. The van der Waals surface area contributed by atoms with Crippen LogP contribution in [0.5, 0.6) is 0 Å². The van der Waals surface area contributed by atoms with Crippen molar-refractivity contribution in [1.82, 2.24) is 24.9 Å². The molecular formula is C31H38F2N6O. The van der Waals surface area contributed by atoms with Crippen LogP contribution < -0.4 is 10.2 Å². The number of amides is 2. The molecule has 1 aromatic heterocycles. The molecule has 4 heterocycles. The Kier molecular flexibility index (Phi) is 7.25. The van der Waals surface area contributed by atoms with E-state index in [1.807, 2.05) is 11.0 Å². The topological polar surface area (TPSA) is 56.6 Å². The molecule has 3 aliphatic rings. The number of hydrogen-bond acceptors (Lipinski definition) is 4. The van der Waals surface area contributed by atoms with Crippen molar-refractivity contribution in [2.75, 3.05) is 45.2 Å². The molecule has 3 aromatic rings. The number of hydrogen-bond donors (Lipinski definition) is 1. The zero-order chi connectivity index (χ0) is 28.0. The summed E-state index contributed by atoms with van der Waals surface area (Å²) in [5.74, 6) is 0.478. The average molecular weight is 549 g/mol. The molecule has 0 saturated carbocycles. The summed E-state index contributed by atoms with van der Waals surface area (Å²) in [6.45, 7) is 4.08. The van der Waals surface area contributed by atoms with Crippen LogP contribution >= 0.6 is 0 Å². The number of carbonyl (C=O) groups excluding carboxylic acids is 1. The van der Waals surface area contributed by atoms with Crippen molar-refractivity contribution in [2.24, 2.45) is 7.05 Å². The van der Waals surface area contributed by atoms with E-state index in [1.165, 1.54) is 11.1 Å². The van der Waals surface area contributed by atoms with E-state index in [0.29, 0.717) is 30.1 Å². The van der Waals surface area contributed by atoms with Crippen molar-refractivity contribution in [3.63, 3.8) is 0 Å². The first-order chi connectivity index (χ1) is 19.3. The van der Waals surface area contributed by atoms with E-state index < -0.39 is 6.43 Å². The van der Waals surface area contributed by atoms with Crippen LogP contribution in [0.15, 0.2) is 36.7 Å². The van der Waals surface area contributed by atoms with E-state index >= 15 is 0 Å². The number of likely N-dealkylation sites (tertiary alicyclic amines) is 1. The summed E-state index contributed by atoms with van der Waals surface area (Å²) in [6, 6.07) is 8.22. The van der Waals surface area contributed by atoms with Gasteiger partial charge in [0.1, 0.15) is 0 Å². The minimum atomic E-state index is -2.60. The Morgan fingerprint density at radius 2 is 1.80 bits per heavy atom. The summed E-state index contributed by atoms with van der Waals surface area (Å²) < 4.78 is 30.7. The van der Waals surface area contributed by atoms with Gasteiger partial charge in [0, 0.05) is 62.4 Å². The maximum atomic E-state index is 14.5. The Morgan fingerprint density at radius 1 is 1.00 bits per heavy atom. The highest BCUT2D eigenvalue weighted by molar-refractivity contribution is 5.79. The number of aromatic nitrogens is 2. The van der Waals surface area contributed by atoms with Gasteiger partial charge in [-0.1, -0.05) is 6.07 Å². The van der Waals surface area contributed by atoms with Crippen LogP contribution in [0.2, 0.25) is 0 Å². The summed E-state index contributed by atoms with van der Waals surface area (Å²) in [6.07, 6.45) is 5.63. The summed E-state index contributed by atoms with van der Waals surface area (Å²) in [5, 5.41) is 6.99. The van der Waals surface area contributed by atoms with Gasteiger partial charge in [0.2, 0.25) is 0 Å². The molecule has 1 saturated heterocycles. The van der Waals surface area contributed by atoms with Crippen molar-refractivity contribution < 1.29 is 13.6 Å². The molecule has 0 spiro atoms. The summed E-state index contributed by atoms with van der Waals surface area (Å²) in [7, 11) is 5.63. The van der Waals surface area contributed by atoms with Gasteiger partial charge in [-0.15, -0.1) is 0 Å². The lowest BCUT2D eigenvalue weighted by atomic mass is 9.84. The molecule has 1 fully saturated rings. The Morgan fingerprint density at radius 3 is 2.50 bits per heavy atom. The van der Waals surface area contributed by atoms with Crippen molar-refractivity contribution in [2.45, 2.75) is 51.0 Å². The van der Waals surface area contributed by atoms with E-state index in [4.69, 9.17) is 0 Å². The van der Waals surface area contributed by atoms with Gasteiger partial charge >= 0.3 is 6.03 Å². The van der Waals surface area contributed by atoms with Crippen molar-refractivity contribution in [1.29, 1.82) is 0 Å². The molecule has 9 heteroatoms. The molecular weight excluding hydrogens is 510 g/mol. The van der Waals surface area contributed by atoms with E-state index in [9.17, 15) is 13.6 Å². The molecule has 2 aromatic carbocycles. The fourth-order valence-corrected chi connectivity index (χ4v) is 6.71. The molecule has 0 aliphatic carbocycles. The fourth-order valence-electron chi connectivity index (χ4n) is 6.71. The highest BCUT2D eigenvalue weighted by Crippen LogP contribution is 2.44. The number of rotatable bonds is 4. The maximum Gasteiger partial charge on any atom is 0.317 e. The van der Waals surface area contributed by atoms with Crippen LogP contribution in [-0.2, 0) is 26.4 Å². The Hall–Kier alpha value is -3.46. The predicted octanol–water partition coefficient (Wildman–Crippen LogP) is 5.62. The maximum absolute atomic E-state index is 14.5. The third kappa shape index (κ3) is 4.96. The number of urea groups is 1. The molecule has 0 bridgehead atoms. The molecule has 0 unspecified atom stereocenters. The minimum absolute atomic E-state index is 0.0333. The normalized spacial score (nSPS) is 18.1. The highest BCUT2D eigenvalue weighted by Gasteiger charge is 2.31. The lowest BCUT2D eigenvalue weighted by Gasteiger charge is -2.38. The molecule has 1 N–H and O–H groups in total. The van der Waals surface area contributed by atoms with Crippen LogP contribution in [0, 0.1) is 0 Å². The summed E-state index contributed by atoms with van der Waals surface area (Å²) in [5.41, 5.74) is 8.04. The van der Waals surface area contributed by atoms with Gasteiger partial charge < -0.3 is 20.0 Å². The van der Waals surface area contributed by atoms with E-state index in [0.717, 1.165) is 74.2 Å². The molecule has 6 rings (SSSR count). The molecule has 40 heavy (non-hydrogen) atoms. The largest absolute Gasteiger partial charge is 0.341 e. The highest BCUT2D eigenvalue weighted by atomic mass is 19.3. The molecule has 7 nitrogen and oxygen atoms in total. The second kappa shape index (κ2) is 10.8. The third-order valence-electron chi connectivity index (χ3n) is 8.94. The zero-order valence-corrected chi connectivity index (χ0v) is 23.6. The number of carbonyl (C=O) groups is 1. The smallest absolute Gasteiger partial charge is 0.317 e. The van der Waals surface area contributed by atoms with Gasteiger partial charge in [-0.3, -0.25) is 4.68 Å². The van der Waals surface area contributed by atoms with Crippen LogP contribution in [0.25, 0.3) is 11.1 Å². The molecule has 3 aliphatic heterocycles. The predicted molar refractivity (Wildman–Crippen MR) is 153 cm³/mol. The van der Waals surface area contributed by atoms with Gasteiger partial charge in [-0.25, -0.2) is 13.6 Å². The number of nitrogens with zero attached hydrogens (tertiary/aromatic N) is 5. The summed E-state index contributed by atoms with van der Waals surface area (Å²) >= 11 is 0. The quantitative estimate of drug-likeness (QED) is 0.460. The zero-order valence-electron chi connectivity index (χ0n) is 23.6. The first kappa shape index (κ1) is 26.7. The molecule has 212 valence electrons. The van der Waals surface area contributed by atoms with Gasteiger partial charge in [0.05, 0.1) is 6.20 Å². The van der Waals surface area contributed by atoms with Crippen LogP contribution in [0.4, 0.5) is 25.0 Å². The van der Waals surface area contributed by atoms with Gasteiger partial charge in [0.25, 0.3) is 6.43 Å². The SMILES string of the molecule is CNC(=O)N1CCc2cc(C3CCN(C)CC3)cc(N3CCCc4cc(-c5cnn(C)c5)c(C(F)F)cc43)c2C1. The monoisotopic (exact) mass is 548 g/mol. The van der Waals surface area contributed by atoms with Gasteiger partial charge in [-0.2, -0.15) is 5.10 Å². The Bertz CT molecular complexity index is 1410. The van der Waals surface area contributed by atoms with Crippen LogP contribution in [0.3, 0.4) is 0 Å².